The molecule has 0 heterocycles. The normalized spacial score (nSPS) is 11.9. The minimum atomic E-state index is -0.787. The molecule has 1 aromatic rings. The third-order valence-corrected chi connectivity index (χ3v) is 3.86. The van der Waals surface area contributed by atoms with Crippen LogP contribution in [0.4, 0.5) is 11.4 Å². The smallest absolute Gasteiger partial charge is 0.303 e. The molecule has 0 saturated heterocycles. The van der Waals surface area contributed by atoms with Crippen molar-refractivity contribution in [3.05, 3.63) is 32.8 Å². The molecule has 1 atom stereocenters. The summed E-state index contributed by atoms with van der Waals surface area (Å²) in [5, 5.41) is 22.7. The van der Waals surface area contributed by atoms with Crippen LogP contribution in [0.2, 0.25) is 0 Å². The molecule has 0 amide bonds. The molecule has 0 aliphatic heterocycles. The number of nitro groups is 1. The maximum atomic E-state index is 11.0. The molecule has 0 aromatic heterocycles. The Labute approximate surface area is 131 Å². The summed E-state index contributed by atoms with van der Waals surface area (Å²) in [6.07, 6.45) is 2.49. The molecular formula is C14H19BrN2O4. The maximum Gasteiger partial charge on any atom is 0.303 e. The molecule has 1 rings (SSSR count). The van der Waals surface area contributed by atoms with Gasteiger partial charge in [0.1, 0.15) is 5.69 Å². The van der Waals surface area contributed by atoms with E-state index in [9.17, 15) is 14.9 Å². The molecule has 0 spiro atoms. The van der Waals surface area contributed by atoms with Gasteiger partial charge in [-0.05, 0) is 30.9 Å². The van der Waals surface area contributed by atoms with Crippen molar-refractivity contribution in [2.45, 2.75) is 32.6 Å². The Morgan fingerprint density at radius 1 is 1.48 bits per heavy atom. The van der Waals surface area contributed by atoms with Gasteiger partial charge in [-0.15, -0.1) is 0 Å². The number of nitrogens with zero attached hydrogens (tertiary/aromatic N) is 1. The van der Waals surface area contributed by atoms with Crippen LogP contribution in [0.1, 0.15) is 32.6 Å². The fourth-order valence-electron chi connectivity index (χ4n) is 2.10. The highest BCUT2D eigenvalue weighted by molar-refractivity contribution is 9.10. The topological polar surface area (TPSA) is 92.5 Å². The highest BCUT2D eigenvalue weighted by Gasteiger charge is 2.14. The molecular weight excluding hydrogens is 340 g/mol. The van der Waals surface area contributed by atoms with Gasteiger partial charge in [-0.1, -0.05) is 29.3 Å². The molecule has 6 nitrogen and oxygen atoms in total. The van der Waals surface area contributed by atoms with E-state index >= 15 is 0 Å². The highest BCUT2D eigenvalue weighted by Crippen LogP contribution is 2.28. The number of carboxylic acids is 1. The average Bonchev–Trinajstić information content (AvgIpc) is 2.43. The first-order valence-electron chi connectivity index (χ1n) is 6.83. The van der Waals surface area contributed by atoms with Gasteiger partial charge < -0.3 is 10.4 Å². The predicted octanol–water partition coefficient (Wildman–Crippen LogP) is 4.05. The number of nitro benzene ring substituents is 1. The minimum Gasteiger partial charge on any atom is -0.481 e. The molecule has 1 unspecified atom stereocenters. The van der Waals surface area contributed by atoms with Gasteiger partial charge in [0.15, 0.2) is 0 Å². The first-order chi connectivity index (χ1) is 9.93. The van der Waals surface area contributed by atoms with Gasteiger partial charge in [0.2, 0.25) is 0 Å². The quantitative estimate of drug-likeness (QED) is 0.513. The molecule has 0 aliphatic rings. The lowest BCUT2D eigenvalue weighted by Gasteiger charge is -2.14. The molecule has 1 aromatic carbocycles. The second kappa shape index (κ2) is 8.61. The van der Waals surface area contributed by atoms with Crippen molar-refractivity contribution in [1.82, 2.24) is 0 Å². The SMILES string of the molecule is CCC(CCNc1ccc(Br)cc1[N+](=O)[O-])CCC(=O)O. The molecule has 2 N–H and O–H groups in total. The van der Waals surface area contributed by atoms with E-state index < -0.39 is 10.9 Å². The molecule has 0 fully saturated rings. The van der Waals surface area contributed by atoms with Crippen LogP contribution in [0, 0.1) is 16.0 Å². The van der Waals surface area contributed by atoms with E-state index in [4.69, 9.17) is 5.11 Å². The summed E-state index contributed by atoms with van der Waals surface area (Å²) in [6.45, 7) is 2.61. The summed E-state index contributed by atoms with van der Waals surface area (Å²) in [4.78, 5) is 21.1. The van der Waals surface area contributed by atoms with Crippen molar-refractivity contribution >= 4 is 33.3 Å². The fraction of sp³-hybridized carbons (Fsp3) is 0.500. The van der Waals surface area contributed by atoms with Crippen molar-refractivity contribution < 1.29 is 14.8 Å². The molecule has 7 heteroatoms. The first kappa shape index (κ1) is 17.4. The standard InChI is InChI=1S/C14H19BrN2O4/c1-2-10(3-6-14(18)19)7-8-16-12-5-4-11(15)9-13(12)17(20)21/h4-5,9-10,16H,2-3,6-8H2,1H3,(H,18,19). The number of hydrogen-bond donors (Lipinski definition) is 2. The van der Waals surface area contributed by atoms with E-state index in [0.717, 1.165) is 12.8 Å². The van der Waals surface area contributed by atoms with Crippen LogP contribution < -0.4 is 5.32 Å². The van der Waals surface area contributed by atoms with Crippen LogP contribution in [-0.4, -0.2) is 22.5 Å². The van der Waals surface area contributed by atoms with E-state index in [1.165, 1.54) is 6.07 Å². The average molecular weight is 359 g/mol. The van der Waals surface area contributed by atoms with Crippen molar-refractivity contribution in [3.8, 4) is 0 Å². The van der Waals surface area contributed by atoms with Gasteiger partial charge in [0, 0.05) is 23.5 Å². The maximum absolute atomic E-state index is 11.0. The van der Waals surface area contributed by atoms with Gasteiger partial charge in [-0.25, -0.2) is 0 Å². The van der Waals surface area contributed by atoms with Crippen LogP contribution in [0.15, 0.2) is 22.7 Å². The number of anilines is 1. The van der Waals surface area contributed by atoms with Gasteiger partial charge in [-0.2, -0.15) is 0 Å². The summed E-state index contributed by atoms with van der Waals surface area (Å²) in [5.74, 6) is -0.479. The van der Waals surface area contributed by atoms with Crippen LogP contribution >= 0.6 is 15.9 Å². The molecule has 0 bridgehead atoms. The molecule has 21 heavy (non-hydrogen) atoms. The number of carbonyl (C=O) groups is 1. The number of aliphatic carboxylic acids is 1. The number of rotatable bonds is 9. The van der Waals surface area contributed by atoms with Crippen LogP contribution in [0.5, 0.6) is 0 Å². The zero-order valence-corrected chi connectivity index (χ0v) is 13.4. The van der Waals surface area contributed by atoms with Gasteiger partial charge >= 0.3 is 5.97 Å². The van der Waals surface area contributed by atoms with Crippen molar-refractivity contribution in [1.29, 1.82) is 0 Å². The van der Waals surface area contributed by atoms with Crippen molar-refractivity contribution in [3.63, 3.8) is 0 Å². The highest BCUT2D eigenvalue weighted by atomic mass is 79.9. The summed E-state index contributed by atoms with van der Waals surface area (Å²) in [7, 11) is 0. The van der Waals surface area contributed by atoms with Crippen LogP contribution in [0.3, 0.4) is 0 Å². The lowest BCUT2D eigenvalue weighted by Crippen LogP contribution is -2.11. The number of benzene rings is 1. The van der Waals surface area contributed by atoms with Gasteiger partial charge in [0.25, 0.3) is 5.69 Å². The second-order valence-electron chi connectivity index (χ2n) is 4.84. The second-order valence-corrected chi connectivity index (χ2v) is 5.76. The monoisotopic (exact) mass is 358 g/mol. The van der Waals surface area contributed by atoms with Crippen molar-refractivity contribution in [2.24, 2.45) is 5.92 Å². The molecule has 0 aliphatic carbocycles. The summed E-state index contributed by atoms with van der Waals surface area (Å²) < 4.78 is 0.660. The molecule has 0 saturated carbocycles. The lowest BCUT2D eigenvalue weighted by molar-refractivity contribution is -0.384. The number of nitrogens with one attached hydrogen (secondary N) is 1. The summed E-state index contributed by atoms with van der Waals surface area (Å²) >= 11 is 3.21. The lowest BCUT2D eigenvalue weighted by atomic mass is 9.96. The van der Waals surface area contributed by atoms with Gasteiger partial charge in [-0.3, -0.25) is 14.9 Å². The third-order valence-electron chi connectivity index (χ3n) is 3.37. The Hall–Kier alpha value is -1.63. The Kier molecular flexibility index (Phi) is 7.14. The van der Waals surface area contributed by atoms with E-state index in [-0.39, 0.29) is 12.1 Å². The third kappa shape index (κ3) is 6.12. The molecule has 116 valence electrons. The number of halogens is 1. The fourth-order valence-corrected chi connectivity index (χ4v) is 2.45. The van der Waals surface area contributed by atoms with E-state index in [0.29, 0.717) is 29.0 Å². The first-order valence-corrected chi connectivity index (χ1v) is 7.63. The van der Waals surface area contributed by atoms with Gasteiger partial charge in [0.05, 0.1) is 4.92 Å². The summed E-state index contributed by atoms with van der Waals surface area (Å²) in [5.41, 5.74) is 0.513. The minimum absolute atomic E-state index is 0.0305. The zero-order chi connectivity index (χ0) is 15.8. The Morgan fingerprint density at radius 2 is 2.19 bits per heavy atom. The Morgan fingerprint density at radius 3 is 2.76 bits per heavy atom. The van der Waals surface area contributed by atoms with Crippen LogP contribution in [0.25, 0.3) is 0 Å². The largest absolute Gasteiger partial charge is 0.481 e. The van der Waals surface area contributed by atoms with Crippen molar-refractivity contribution in [2.75, 3.05) is 11.9 Å². The number of carboxylic acid groups (broad SMARTS) is 1. The summed E-state index contributed by atoms with van der Waals surface area (Å²) in [6, 6.07) is 4.88. The predicted molar refractivity (Wildman–Crippen MR) is 84.6 cm³/mol. The molecule has 0 radical (unpaired) electrons. The van der Waals surface area contributed by atoms with E-state index in [1.54, 1.807) is 12.1 Å². The Balaban J connectivity index is 2.55. The van der Waals surface area contributed by atoms with E-state index in [2.05, 4.69) is 21.2 Å². The Bertz CT molecular complexity index is 508. The van der Waals surface area contributed by atoms with Crippen LogP contribution in [-0.2, 0) is 4.79 Å². The zero-order valence-electron chi connectivity index (χ0n) is 11.8. The van der Waals surface area contributed by atoms with E-state index in [1.807, 2.05) is 6.92 Å². The number of hydrogen-bond acceptors (Lipinski definition) is 4.